The second kappa shape index (κ2) is 7.59. The molecule has 0 aliphatic carbocycles. The van der Waals surface area contributed by atoms with E-state index in [9.17, 15) is 4.79 Å². The van der Waals surface area contributed by atoms with E-state index in [1.807, 2.05) is 19.2 Å². The van der Waals surface area contributed by atoms with Crippen molar-refractivity contribution in [3.05, 3.63) is 63.6 Å². The van der Waals surface area contributed by atoms with Gasteiger partial charge >= 0.3 is 0 Å². The number of hydrogen-bond donors (Lipinski definition) is 2. The highest BCUT2D eigenvalue weighted by Crippen LogP contribution is 2.13. The lowest BCUT2D eigenvalue weighted by Crippen LogP contribution is -3.08. The molecule has 0 saturated heterocycles. The van der Waals surface area contributed by atoms with Gasteiger partial charge in [-0.2, -0.15) is 0 Å². The first kappa shape index (κ1) is 16.0. The third-order valence-corrected chi connectivity index (χ3v) is 3.79. The quantitative estimate of drug-likeness (QED) is 0.836. The zero-order chi connectivity index (χ0) is 15.2. The average Bonchev–Trinajstić information content (AvgIpc) is 2.44. The zero-order valence-electron chi connectivity index (χ0n) is 11.7. The summed E-state index contributed by atoms with van der Waals surface area (Å²) in [5, 5.41) is 3.53. The second-order valence-electron chi connectivity index (χ2n) is 4.99. The van der Waals surface area contributed by atoms with Crippen molar-refractivity contribution in [3.8, 4) is 0 Å². The average molecular weight is 369 g/mol. The Morgan fingerprint density at radius 2 is 1.76 bits per heavy atom. The van der Waals surface area contributed by atoms with Crippen LogP contribution in [0.5, 0.6) is 0 Å². The van der Waals surface area contributed by atoms with Gasteiger partial charge in [-0.3, -0.25) is 4.79 Å². The molecule has 110 valence electrons. The maximum absolute atomic E-state index is 12.0. The fraction of sp³-hybridized carbons (Fsp3) is 0.188. The van der Waals surface area contributed by atoms with Crippen molar-refractivity contribution in [1.29, 1.82) is 0 Å². The van der Waals surface area contributed by atoms with E-state index >= 15 is 0 Å². The Balaban J connectivity index is 1.84. The maximum Gasteiger partial charge on any atom is 0.279 e. The van der Waals surface area contributed by atoms with Gasteiger partial charge in [-0.05, 0) is 36.4 Å². The van der Waals surface area contributed by atoms with Crippen LogP contribution >= 0.6 is 27.5 Å². The third kappa shape index (κ3) is 5.50. The van der Waals surface area contributed by atoms with Gasteiger partial charge in [0.2, 0.25) is 0 Å². The second-order valence-corrected chi connectivity index (χ2v) is 6.34. The number of carbonyl (C=O) groups is 1. The molecular weight excluding hydrogens is 352 g/mol. The number of hydrogen-bond acceptors (Lipinski definition) is 1. The van der Waals surface area contributed by atoms with Gasteiger partial charge in [0, 0.05) is 20.7 Å². The zero-order valence-corrected chi connectivity index (χ0v) is 14.0. The summed E-state index contributed by atoms with van der Waals surface area (Å²) in [5.41, 5.74) is 1.97. The molecule has 1 amide bonds. The number of likely N-dealkylation sites (N-methyl/N-ethyl adjacent to an activating group) is 1. The smallest absolute Gasteiger partial charge is 0.279 e. The Bertz CT molecular complexity index is 599. The SMILES string of the molecule is C[NH+](CC(=O)Nc1ccc(Cl)cc1)Cc1ccc(Br)cc1. The topological polar surface area (TPSA) is 33.5 Å². The van der Waals surface area contributed by atoms with Crippen LogP contribution in [0.4, 0.5) is 5.69 Å². The first-order valence-electron chi connectivity index (χ1n) is 6.64. The van der Waals surface area contributed by atoms with Gasteiger partial charge in [-0.1, -0.05) is 39.7 Å². The van der Waals surface area contributed by atoms with E-state index in [0.717, 1.165) is 21.6 Å². The monoisotopic (exact) mass is 367 g/mol. The first-order valence-corrected chi connectivity index (χ1v) is 7.81. The van der Waals surface area contributed by atoms with Crippen molar-refractivity contribution in [1.82, 2.24) is 0 Å². The van der Waals surface area contributed by atoms with Crippen LogP contribution in [-0.4, -0.2) is 19.5 Å². The number of amides is 1. The molecule has 2 rings (SSSR count). The minimum Gasteiger partial charge on any atom is -0.326 e. The fourth-order valence-electron chi connectivity index (χ4n) is 2.03. The maximum atomic E-state index is 12.0. The summed E-state index contributed by atoms with van der Waals surface area (Å²) < 4.78 is 1.06. The molecule has 2 aromatic carbocycles. The number of nitrogens with one attached hydrogen (secondary N) is 2. The molecule has 0 saturated carbocycles. The van der Waals surface area contributed by atoms with Gasteiger partial charge < -0.3 is 10.2 Å². The summed E-state index contributed by atoms with van der Waals surface area (Å²) in [4.78, 5) is 13.1. The van der Waals surface area contributed by atoms with Gasteiger partial charge in [0.05, 0.1) is 7.05 Å². The van der Waals surface area contributed by atoms with Crippen LogP contribution in [0.3, 0.4) is 0 Å². The standard InChI is InChI=1S/C16H16BrClN2O/c1-20(10-12-2-4-13(17)5-3-12)11-16(21)19-15-8-6-14(18)7-9-15/h2-9H,10-11H2,1H3,(H,19,21)/p+1. The summed E-state index contributed by atoms with van der Waals surface area (Å²) in [6, 6.07) is 15.3. The molecule has 0 aromatic heterocycles. The molecule has 0 fully saturated rings. The van der Waals surface area contributed by atoms with Gasteiger partial charge in [0.15, 0.2) is 6.54 Å². The highest BCUT2D eigenvalue weighted by molar-refractivity contribution is 9.10. The largest absolute Gasteiger partial charge is 0.326 e. The van der Waals surface area contributed by atoms with Crippen LogP contribution in [-0.2, 0) is 11.3 Å². The van der Waals surface area contributed by atoms with Crippen LogP contribution in [0.1, 0.15) is 5.56 Å². The number of rotatable bonds is 5. The summed E-state index contributed by atoms with van der Waals surface area (Å²) in [5.74, 6) is -0.00747. The van der Waals surface area contributed by atoms with Crippen molar-refractivity contribution in [2.75, 3.05) is 18.9 Å². The van der Waals surface area contributed by atoms with Crippen LogP contribution in [0.2, 0.25) is 5.02 Å². The van der Waals surface area contributed by atoms with Crippen molar-refractivity contribution in [2.24, 2.45) is 0 Å². The van der Waals surface area contributed by atoms with Crippen LogP contribution in [0, 0.1) is 0 Å². The molecule has 0 spiro atoms. The minimum absolute atomic E-state index is 0.00747. The van der Waals surface area contributed by atoms with E-state index in [1.54, 1.807) is 24.3 Å². The predicted molar refractivity (Wildman–Crippen MR) is 89.7 cm³/mol. The molecule has 1 unspecified atom stereocenters. The van der Waals surface area contributed by atoms with E-state index in [1.165, 1.54) is 5.56 Å². The fourth-order valence-corrected chi connectivity index (χ4v) is 2.42. The number of quaternary nitrogens is 1. The van der Waals surface area contributed by atoms with Crippen molar-refractivity contribution in [2.45, 2.75) is 6.54 Å². The van der Waals surface area contributed by atoms with Crippen molar-refractivity contribution in [3.63, 3.8) is 0 Å². The lowest BCUT2D eigenvalue weighted by atomic mass is 10.2. The van der Waals surface area contributed by atoms with Gasteiger partial charge in [0.25, 0.3) is 5.91 Å². The first-order chi connectivity index (χ1) is 10.0. The molecular formula is C16H17BrClN2O+. The highest BCUT2D eigenvalue weighted by Gasteiger charge is 2.10. The normalized spacial score (nSPS) is 12.0. The van der Waals surface area contributed by atoms with Crippen LogP contribution < -0.4 is 10.2 Å². The molecule has 5 heteroatoms. The van der Waals surface area contributed by atoms with E-state index < -0.39 is 0 Å². The number of halogens is 2. The molecule has 0 aliphatic rings. The van der Waals surface area contributed by atoms with E-state index in [4.69, 9.17) is 11.6 Å². The summed E-state index contributed by atoms with van der Waals surface area (Å²) in [7, 11) is 2.00. The lowest BCUT2D eigenvalue weighted by molar-refractivity contribution is -0.885. The van der Waals surface area contributed by atoms with Gasteiger partial charge in [-0.25, -0.2) is 0 Å². The van der Waals surface area contributed by atoms with Crippen molar-refractivity contribution >= 4 is 39.1 Å². The van der Waals surface area contributed by atoms with E-state index in [0.29, 0.717) is 11.6 Å². The van der Waals surface area contributed by atoms with Crippen molar-refractivity contribution < 1.29 is 9.69 Å². The molecule has 0 radical (unpaired) electrons. The number of anilines is 1. The van der Waals surface area contributed by atoms with E-state index in [2.05, 4.69) is 33.4 Å². The molecule has 0 aliphatic heterocycles. The summed E-state index contributed by atoms with van der Waals surface area (Å²) in [6.07, 6.45) is 0. The molecule has 2 N–H and O–H groups in total. The lowest BCUT2D eigenvalue weighted by Gasteiger charge is -2.14. The molecule has 0 bridgehead atoms. The Kier molecular flexibility index (Phi) is 5.79. The highest BCUT2D eigenvalue weighted by atomic mass is 79.9. The molecule has 21 heavy (non-hydrogen) atoms. The number of carbonyl (C=O) groups excluding carboxylic acids is 1. The minimum atomic E-state index is -0.00747. The molecule has 3 nitrogen and oxygen atoms in total. The summed E-state index contributed by atoms with van der Waals surface area (Å²) >= 11 is 9.23. The Morgan fingerprint density at radius 3 is 2.38 bits per heavy atom. The molecule has 1 atom stereocenters. The Morgan fingerprint density at radius 1 is 1.14 bits per heavy atom. The Labute approximate surface area is 138 Å². The van der Waals surface area contributed by atoms with Crippen LogP contribution in [0.15, 0.2) is 53.0 Å². The molecule has 0 heterocycles. The predicted octanol–water partition coefficient (Wildman–Crippen LogP) is 2.76. The third-order valence-electron chi connectivity index (χ3n) is 3.01. The van der Waals surface area contributed by atoms with Gasteiger partial charge in [0.1, 0.15) is 6.54 Å². The van der Waals surface area contributed by atoms with E-state index in [-0.39, 0.29) is 5.91 Å². The number of benzene rings is 2. The van der Waals surface area contributed by atoms with Gasteiger partial charge in [-0.15, -0.1) is 0 Å². The Hall–Kier alpha value is -1.36. The molecule has 2 aromatic rings. The van der Waals surface area contributed by atoms with Crippen LogP contribution in [0.25, 0.3) is 0 Å². The summed E-state index contributed by atoms with van der Waals surface area (Å²) in [6.45, 7) is 1.22.